The van der Waals surface area contributed by atoms with Gasteiger partial charge in [0.05, 0.1) is 5.40 Å². The molecule has 0 aliphatic carbocycles. The molecule has 1 aliphatic rings. The van der Waals surface area contributed by atoms with Crippen LogP contribution in [0.15, 0.2) is 11.0 Å². The summed E-state index contributed by atoms with van der Waals surface area (Å²) in [5.74, 6) is -3.26. The van der Waals surface area contributed by atoms with Gasteiger partial charge >= 0.3 is 7.82 Å². The average molecular weight is 428 g/mol. The highest BCUT2D eigenvalue weighted by atomic mass is 35.5. The highest BCUT2D eigenvalue weighted by Gasteiger charge is 2.68. The summed E-state index contributed by atoms with van der Waals surface area (Å²) in [5.41, 5.74) is -2.82. The number of phosphoric ester groups is 1. The zero-order chi connectivity index (χ0) is 20.3. The highest BCUT2D eigenvalue weighted by molar-refractivity contribution is 7.71. The second kappa shape index (κ2) is 6.54. The Kier molecular flexibility index (Phi) is 5.48. The molecule has 0 spiro atoms. The lowest BCUT2D eigenvalue weighted by Gasteiger charge is -2.40. The van der Waals surface area contributed by atoms with Crippen LogP contribution in [0.25, 0.3) is 0 Å². The van der Waals surface area contributed by atoms with Crippen LogP contribution in [0.2, 0.25) is 5.02 Å². The van der Waals surface area contributed by atoms with Gasteiger partial charge in [-0.25, -0.2) is 8.96 Å². The standard InChI is InChI=1S/C9H14B3ClFN2O8PS/c10-8(16-1-2(13)5(19)15-6(16)26)4(18)3(17)7(14,23-8)9(11,12)24-25(20,21)22/h1,3-4,17-18H,10-12H2,(H,15,19,26)(H2,20,21,22)/t3-,4+,7-,8-/m0/s1. The zero-order valence-corrected chi connectivity index (χ0v) is 16.2. The van der Waals surface area contributed by atoms with Crippen molar-refractivity contribution in [3.63, 3.8) is 0 Å². The molecular weight excluding hydrogens is 414 g/mol. The predicted octanol–water partition coefficient (Wildman–Crippen LogP) is -3.75. The molecule has 1 aromatic rings. The van der Waals surface area contributed by atoms with Gasteiger partial charge in [-0.05, 0) is 12.2 Å². The van der Waals surface area contributed by atoms with Crippen LogP contribution in [0.4, 0.5) is 4.39 Å². The molecule has 142 valence electrons. The molecule has 2 heterocycles. The van der Waals surface area contributed by atoms with Gasteiger partial charge in [0.1, 0.15) is 38.5 Å². The molecule has 1 saturated heterocycles. The molecule has 5 N–H and O–H groups in total. The first-order valence-electron chi connectivity index (χ1n) is 7.08. The number of nitrogens with zero attached hydrogens (tertiary/aromatic N) is 1. The summed E-state index contributed by atoms with van der Waals surface area (Å²) in [4.78, 5) is 31.7. The van der Waals surface area contributed by atoms with E-state index >= 15 is 4.39 Å². The van der Waals surface area contributed by atoms with Crippen molar-refractivity contribution in [3.8, 4) is 0 Å². The van der Waals surface area contributed by atoms with Crippen LogP contribution in [-0.4, -0.2) is 76.6 Å². The predicted molar refractivity (Wildman–Crippen MR) is 97.3 cm³/mol. The number of alkyl halides is 1. The summed E-state index contributed by atoms with van der Waals surface area (Å²) in [6, 6.07) is 0. The van der Waals surface area contributed by atoms with Gasteiger partial charge in [0, 0.05) is 6.20 Å². The van der Waals surface area contributed by atoms with E-state index in [1.54, 1.807) is 0 Å². The molecule has 0 saturated carbocycles. The Balaban J connectivity index is 2.59. The molecule has 26 heavy (non-hydrogen) atoms. The van der Waals surface area contributed by atoms with Crippen molar-refractivity contribution in [2.45, 2.75) is 29.1 Å². The normalized spacial score (nSPS) is 32.7. The summed E-state index contributed by atoms with van der Waals surface area (Å²) < 4.78 is 36.9. The summed E-state index contributed by atoms with van der Waals surface area (Å²) in [5, 5.41) is 17.9. The minimum Gasteiger partial charge on any atom is -0.386 e. The Bertz CT molecular complexity index is 896. The first-order chi connectivity index (χ1) is 11.5. The van der Waals surface area contributed by atoms with Crippen LogP contribution < -0.4 is 5.56 Å². The molecule has 2 rings (SSSR count). The minimum atomic E-state index is -5.17. The molecule has 1 fully saturated rings. The van der Waals surface area contributed by atoms with Crippen LogP contribution in [0.3, 0.4) is 0 Å². The van der Waals surface area contributed by atoms with Gasteiger partial charge in [-0.3, -0.25) is 18.9 Å². The molecule has 0 unspecified atom stereocenters. The van der Waals surface area contributed by atoms with Crippen LogP contribution >= 0.6 is 31.6 Å². The van der Waals surface area contributed by atoms with Crippen molar-refractivity contribution in [2.24, 2.45) is 0 Å². The van der Waals surface area contributed by atoms with Gasteiger partial charge < -0.3 is 24.7 Å². The summed E-state index contributed by atoms with van der Waals surface area (Å²) in [6.07, 6.45) is -3.29. The van der Waals surface area contributed by atoms with Crippen molar-refractivity contribution in [1.82, 2.24) is 9.55 Å². The Morgan fingerprint density at radius 3 is 2.50 bits per heavy atom. The fraction of sp³-hybridized carbons (Fsp3) is 0.556. The summed E-state index contributed by atoms with van der Waals surface area (Å²) >= 11 is 10.7. The lowest BCUT2D eigenvalue weighted by Crippen LogP contribution is -2.60. The molecule has 0 aromatic carbocycles. The van der Waals surface area contributed by atoms with Crippen molar-refractivity contribution in [2.75, 3.05) is 0 Å². The van der Waals surface area contributed by atoms with Crippen molar-refractivity contribution in [3.05, 3.63) is 26.3 Å². The first-order valence-corrected chi connectivity index (χ1v) is 9.40. The Morgan fingerprint density at radius 1 is 1.46 bits per heavy atom. The van der Waals surface area contributed by atoms with Gasteiger partial charge in [-0.2, -0.15) is 0 Å². The zero-order valence-electron chi connectivity index (χ0n) is 13.7. The van der Waals surface area contributed by atoms with Gasteiger partial charge in [-0.15, -0.1) is 0 Å². The molecule has 1 aliphatic heterocycles. The minimum absolute atomic E-state index is 0.300. The maximum absolute atomic E-state index is 15.5. The number of aromatic nitrogens is 2. The van der Waals surface area contributed by atoms with E-state index in [2.05, 4.69) is 9.51 Å². The number of aromatic amines is 1. The van der Waals surface area contributed by atoms with E-state index < -0.39 is 42.5 Å². The summed E-state index contributed by atoms with van der Waals surface area (Å²) in [7, 11) is -2.19. The molecule has 0 radical (unpaired) electrons. The topological polar surface area (TPSA) is 154 Å². The molecule has 0 bridgehead atoms. The van der Waals surface area contributed by atoms with Gasteiger partial charge in [0.15, 0.2) is 12.6 Å². The SMILES string of the molecule is BC(B)(OP(=O)(O)O)[C@@]1(F)O[C@@](B)(n2cc(Cl)c(=O)[nH]c2=S)[C@H](O)[C@@H]1O. The van der Waals surface area contributed by atoms with E-state index in [0.717, 1.165) is 34.3 Å². The largest absolute Gasteiger partial charge is 0.468 e. The third kappa shape index (κ3) is 3.48. The number of halogens is 2. The summed E-state index contributed by atoms with van der Waals surface area (Å²) in [6.45, 7) is 0. The number of H-pyrrole nitrogens is 1. The van der Waals surface area contributed by atoms with Crippen molar-refractivity contribution >= 4 is 55.2 Å². The quantitative estimate of drug-likeness (QED) is 0.185. The molecule has 17 heteroatoms. The van der Waals surface area contributed by atoms with Gasteiger partial charge in [-0.1, -0.05) is 11.6 Å². The van der Waals surface area contributed by atoms with E-state index in [9.17, 15) is 19.6 Å². The third-order valence-electron chi connectivity index (χ3n) is 4.13. The lowest BCUT2D eigenvalue weighted by atomic mass is 9.59. The number of phosphoric acid groups is 1. The lowest BCUT2D eigenvalue weighted by molar-refractivity contribution is -0.239. The number of hydrogen-bond donors (Lipinski definition) is 5. The van der Waals surface area contributed by atoms with Crippen molar-refractivity contribution in [1.29, 1.82) is 0 Å². The fourth-order valence-corrected chi connectivity index (χ4v) is 3.92. The Hall–Kier alpha value is -0.495. The molecule has 4 atom stereocenters. The molecule has 0 amide bonds. The number of aliphatic hydroxyl groups is 2. The number of nitrogens with one attached hydrogen (secondary N) is 1. The number of rotatable bonds is 4. The van der Waals surface area contributed by atoms with Crippen molar-refractivity contribution < 1.29 is 38.2 Å². The van der Waals surface area contributed by atoms with Gasteiger partial charge in [0.2, 0.25) is 0 Å². The van der Waals surface area contributed by atoms with Crippen LogP contribution in [-0.2, 0) is 19.4 Å². The fourth-order valence-electron chi connectivity index (χ4n) is 2.73. The van der Waals surface area contributed by atoms with Gasteiger partial charge in [0.25, 0.3) is 11.4 Å². The second-order valence-electron chi connectivity index (χ2n) is 6.39. The van der Waals surface area contributed by atoms with Crippen LogP contribution in [0, 0.1) is 4.77 Å². The molecular formula is C9H14B3ClFN2O8PS. The molecule has 1 aromatic heterocycles. The number of aliphatic hydroxyl groups excluding tert-OH is 2. The molecule has 10 nitrogen and oxygen atoms in total. The van der Waals surface area contributed by atoms with E-state index in [1.807, 2.05) is 0 Å². The maximum atomic E-state index is 15.5. The Labute approximate surface area is 158 Å². The number of ether oxygens (including phenoxy) is 1. The van der Waals surface area contributed by atoms with E-state index in [-0.39, 0.29) is 9.79 Å². The van der Waals surface area contributed by atoms with E-state index in [4.69, 9.17) is 38.3 Å². The Morgan fingerprint density at radius 2 is 2.00 bits per heavy atom. The smallest absolute Gasteiger partial charge is 0.386 e. The highest BCUT2D eigenvalue weighted by Crippen LogP contribution is 2.51. The maximum Gasteiger partial charge on any atom is 0.468 e. The average Bonchev–Trinajstić information content (AvgIpc) is 2.63. The van der Waals surface area contributed by atoms with Crippen LogP contribution in [0.5, 0.6) is 0 Å². The first kappa shape index (κ1) is 21.8. The van der Waals surface area contributed by atoms with E-state index in [0.29, 0.717) is 0 Å². The monoisotopic (exact) mass is 428 g/mol. The number of hydrogen-bond acceptors (Lipinski definition) is 7. The third-order valence-corrected chi connectivity index (χ3v) is 5.39. The van der Waals surface area contributed by atoms with Crippen LogP contribution in [0.1, 0.15) is 0 Å². The second-order valence-corrected chi connectivity index (χ2v) is 8.35. The van der Waals surface area contributed by atoms with E-state index in [1.165, 1.54) is 0 Å².